The Balaban J connectivity index is 0. The van der Waals surface area contributed by atoms with E-state index in [4.69, 9.17) is 16.6 Å². The first kappa shape index (κ1) is 19.0. The van der Waals surface area contributed by atoms with Crippen LogP contribution in [0.15, 0.2) is 0 Å². The Morgan fingerprint density at radius 3 is 2.53 bits per heavy atom. The molecule has 6 nitrogen and oxygen atoms in total. The maximum atomic E-state index is 10.2. The molecule has 0 aromatic carbocycles. The molecule has 0 aromatic rings. The van der Waals surface area contributed by atoms with Gasteiger partial charge in [-0.25, -0.2) is 0 Å². The van der Waals surface area contributed by atoms with Crippen LogP contribution in [0.1, 0.15) is 12.8 Å². The molecule has 5 N–H and O–H groups in total. The summed E-state index contributed by atoms with van der Waals surface area (Å²) in [4.78, 5) is 20.3. The van der Waals surface area contributed by atoms with Crippen molar-refractivity contribution in [2.75, 3.05) is 18.6 Å². The van der Waals surface area contributed by atoms with Gasteiger partial charge in [-0.05, 0) is 18.4 Å². The van der Waals surface area contributed by atoms with Gasteiger partial charge in [0.15, 0.2) is 0 Å². The highest BCUT2D eigenvalue weighted by Gasteiger charge is 2.21. The van der Waals surface area contributed by atoms with E-state index in [1.54, 1.807) is 11.8 Å². The van der Waals surface area contributed by atoms with Crippen molar-refractivity contribution in [3.8, 4) is 0 Å². The van der Waals surface area contributed by atoms with Gasteiger partial charge in [0.1, 0.15) is 12.1 Å². The molecule has 1 aliphatic heterocycles. The van der Waals surface area contributed by atoms with Crippen molar-refractivity contribution in [1.29, 1.82) is 0 Å². The highest BCUT2D eigenvalue weighted by atomic mass is 79.9. The molecule has 17 heavy (non-hydrogen) atoms. The second-order valence-corrected chi connectivity index (χ2v) is 4.27. The zero-order valence-corrected chi connectivity index (χ0v) is 12.2. The number of aliphatic carboxylic acids is 1. The van der Waals surface area contributed by atoms with Gasteiger partial charge in [0.2, 0.25) is 0 Å². The van der Waals surface area contributed by atoms with Crippen LogP contribution in [0.4, 0.5) is 0 Å². The van der Waals surface area contributed by atoms with Crippen LogP contribution in [-0.4, -0.2) is 47.7 Å². The van der Waals surface area contributed by atoms with Gasteiger partial charge >= 0.3 is 11.9 Å². The van der Waals surface area contributed by atoms with E-state index in [9.17, 15) is 9.59 Å². The molecule has 2 atom stereocenters. The van der Waals surface area contributed by atoms with Crippen molar-refractivity contribution in [3.05, 3.63) is 0 Å². The molecule has 1 aliphatic rings. The highest BCUT2D eigenvalue weighted by molar-refractivity contribution is 8.93. The number of hydrogen-bond acceptors (Lipinski definition) is 6. The molecule has 1 rings (SSSR count). The van der Waals surface area contributed by atoms with E-state index in [-0.39, 0.29) is 29.0 Å². The summed E-state index contributed by atoms with van der Waals surface area (Å²) in [6.45, 7) is 0.500. The Labute approximate surface area is 115 Å². The molecular formula is C9H19BrN2O4S. The Hall–Kier alpha value is -0.310. The molecule has 1 heterocycles. The summed E-state index contributed by atoms with van der Waals surface area (Å²) < 4.78 is 4.50. The first-order chi connectivity index (χ1) is 7.49. The van der Waals surface area contributed by atoms with Crippen molar-refractivity contribution >= 4 is 40.7 Å². The van der Waals surface area contributed by atoms with Crippen molar-refractivity contribution in [1.82, 2.24) is 0 Å². The van der Waals surface area contributed by atoms with Crippen LogP contribution in [0.3, 0.4) is 0 Å². The van der Waals surface area contributed by atoms with Crippen LogP contribution < -0.4 is 11.5 Å². The lowest BCUT2D eigenvalue weighted by Gasteiger charge is -2.02. The number of cyclic esters (lactones) is 1. The van der Waals surface area contributed by atoms with Gasteiger partial charge in [-0.15, -0.1) is 17.0 Å². The number of carbonyl (C=O) groups excluding carboxylic acids is 1. The fourth-order valence-corrected chi connectivity index (χ4v) is 1.37. The standard InChI is InChI=1S/C5H11NO2S.C4H7NO2.BrH/c1-9-3-2-4(6)5(7)8;5-3-1-2-7-4(3)6;/h4H,2-3,6H2,1H3,(H,7,8);3H,1-2,5H2;1H/t4-;3-;/m00./s1. The lowest BCUT2D eigenvalue weighted by atomic mass is 10.2. The lowest BCUT2D eigenvalue weighted by Crippen LogP contribution is -2.30. The minimum absolute atomic E-state index is 0. The van der Waals surface area contributed by atoms with E-state index in [1.165, 1.54) is 0 Å². The third-order valence-corrected chi connectivity index (χ3v) is 2.57. The number of thioether (sulfide) groups is 1. The number of nitrogens with two attached hydrogens (primary N) is 2. The number of carboxylic acids is 1. The topological polar surface area (TPSA) is 116 Å². The number of carbonyl (C=O) groups is 2. The van der Waals surface area contributed by atoms with Crippen molar-refractivity contribution < 1.29 is 19.4 Å². The molecule has 0 aromatic heterocycles. The fourth-order valence-electron chi connectivity index (χ4n) is 0.880. The smallest absolute Gasteiger partial charge is 0.323 e. The van der Waals surface area contributed by atoms with E-state index in [0.717, 1.165) is 5.75 Å². The second-order valence-electron chi connectivity index (χ2n) is 3.29. The number of carboxylic acid groups (broad SMARTS) is 1. The number of hydrogen-bond donors (Lipinski definition) is 3. The molecule has 1 fully saturated rings. The first-order valence-corrected chi connectivity index (χ1v) is 6.28. The summed E-state index contributed by atoms with van der Waals surface area (Å²) in [5.41, 5.74) is 10.4. The normalized spacial score (nSPS) is 19.5. The molecule has 0 bridgehead atoms. The van der Waals surface area contributed by atoms with Crippen LogP contribution in [-0.2, 0) is 14.3 Å². The number of ether oxygens (including phenoxy) is 1. The summed E-state index contributed by atoms with van der Waals surface area (Å²) in [6, 6.07) is -1.03. The van der Waals surface area contributed by atoms with E-state index in [0.29, 0.717) is 19.4 Å². The summed E-state index contributed by atoms with van der Waals surface area (Å²) in [5, 5.41) is 8.27. The minimum Gasteiger partial charge on any atom is -0.480 e. The summed E-state index contributed by atoms with van der Waals surface area (Å²) in [5.74, 6) is -0.364. The van der Waals surface area contributed by atoms with Gasteiger partial charge in [-0.2, -0.15) is 11.8 Å². The molecule has 102 valence electrons. The molecule has 0 radical (unpaired) electrons. The maximum absolute atomic E-state index is 10.2. The van der Waals surface area contributed by atoms with E-state index in [2.05, 4.69) is 4.74 Å². The van der Waals surface area contributed by atoms with Gasteiger partial charge < -0.3 is 21.3 Å². The molecule has 0 aliphatic carbocycles. The Morgan fingerprint density at radius 1 is 1.71 bits per heavy atom. The monoisotopic (exact) mass is 330 g/mol. The molecule has 0 amide bonds. The van der Waals surface area contributed by atoms with Crippen LogP contribution >= 0.6 is 28.7 Å². The largest absolute Gasteiger partial charge is 0.480 e. The third kappa shape index (κ3) is 9.40. The molecular weight excluding hydrogens is 312 g/mol. The number of rotatable bonds is 4. The maximum Gasteiger partial charge on any atom is 0.323 e. The zero-order chi connectivity index (χ0) is 12.6. The van der Waals surface area contributed by atoms with Crippen molar-refractivity contribution in [3.63, 3.8) is 0 Å². The van der Waals surface area contributed by atoms with Gasteiger partial charge in [0, 0.05) is 6.42 Å². The summed E-state index contributed by atoms with van der Waals surface area (Å²) >= 11 is 1.60. The number of halogens is 1. The first-order valence-electron chi connectivity index (χ1n) is 4.88. The van der Waals surface area contributed by atoms with Gasteiger partial charge in [0.05, 0.1) is 6.61 Å². The average molecular weight is 331 g/mol. The highest BCUT2D eigenvalue weighted by Crippen LogP contribution is 2.00. The zero-order valence-electron chi connectivity index (χ0n) is 9.63. The van der Waals surface area contributed by atoms with Crippen LogP contribution in [0, 0.1) is 0 Å². The van der Waals surface area contributed by atoms with Crippen LogP contribution in [0.25, 0.3) is 0 Å². The van der Waals surface area contributed by atoms with Crippen LogP contribution in [0.5, 0.6) is 0 Å². The van der Waals surface area contributed by atoms with Gasteiger partial charge in [0.25, 0.3) is 0 Å². The van der Waals surface area contributed by atoms with Gasteiger partial charge in [-0.1, -0.05) is 0 Å². The third-order valence-electron chi connectivity index (χ3n) is 1.93. The summed E-state index contributed by atoms with van der Waals surface area (Å²) in [7, 11) is 0. The van der Waals surface area contributed by atoms with E-state index < -0.39 is 12.0 Å². The van der Waals surface area contributed by atoms with Crippen molar-refractivity contribution in [2.45, 2.75) is 24.9 Å². The quantitative estimate of drug-likeness (QED) is 0.621. The Bertz CT molecular complexity index is 243. The Morgan fingerprint density at radius 2 is 2.29 bits per heavy atom. The predicted octanol–water partition coefficient (Wildman–Crippen LogP) is -0.0101. The number of esters is 1. The van der Waals surface area contributed by atoms with E-state index >= 15 is 0 Å². The molecule has 0 saturated carbocycles. The SMILES string of the molecule is Br.CSCC[C@H](N)C(=O)O.N[C@H]1CCOC1=O. The fraction of sp³-hybridized carbons (Fsp3) is 0.778. The van der Waals surface area contributed by atoms with Crippen LogP contribution in [0.2, 0.25) is 0 Å². The van der Waals surface area contributed by atoms with E-state index in [1.807, 2.05) is 6.26 Å². The lowest BCUT2D eigenvalue weighted by molar-refractivity contribution is -0.139. The second kappa shape index (κ2) is 10.8. The van der Waals surface area contributed by atoms with Gasteiger partial charge in [-0.3, -0.25) is 9.59 Å². The average Bonchev–Trinajstić information content (AvgIpc) is 2.60. The minimum atomic E-state index is -0.913. The molecule has 0 unspecified atom stereocenters. The molecule has 0 spiro atoms. The predicted molar refractivity (Wildman–Crippen MR) is 72.5 cm³/mol. The van der Waals surface area contributed by atoms with Crippen molar-refractivity contribution in [2.24, 2.45) is 11.5 Å². The summed E-state index contributed by atoms with van der Waals surface area (Å²) in [6.07, 6.45) is 3.16. The molecule has 1 saturated heterocycles. The Kier molecular flexibility index (Phi) is 12.1. The molecule has 8 heteroatoms.